The highest BCUT2D eigenvalue weighted by atomic mass is 35.5. The van der Waals surface area contributed by atoms with Gasteiger partial charge in [-0.2, -0.15) is 18.2 Å². The molecule has 0 aliphatic heterocycles. The van der Waals surface area contributed by atoms with Gasteiger partial charge >= 0.3 is 12.1 Å². The average Bonchev–Trinajstić information content (AvgIpc) is 2.46. The number of alkyl halides is 3. The van der Waals surface area contributed by atoms with Gasteiger partial charge < -0.3 is 9.47 Å². The van der Waals surface area contributed by atoms with Gasteiger partial charge in [0.05, 0.1) is 12.7 Å². The van der Waals surface area contributed by atoms with E-state index < -0.39 is 28.4 Å². The predicted octanol–water partition coefficient (Wildman–Crippen LogP) is 4.33. The molecule has 116 valence electrons. The van der Waals surface area contributed by atoms with Crippen molar-refractivity contribution in [3.63, 3.8) is 0 Å². The number of carbonyl (C=O) groups excluding carboxylic acids is 1. The summed E-state index contributed by atoms with van der Waals surface area (Å²) in [5, 5.41) is -0.814. The number of carbonyl (C=O) groups is 1. The fraction of sp³-hybridized carbons (Fsp3) is 0.143. The van der Waals surface area contributed by atoms with Gasteiger partial charge in [0.2, 0.25) is 5.88 Å². The summed E-state index contributed by atoms with van der Waals surface area (Å²) in [6.45, 7) is 0. The molecule has 0 bridgehead atoms. The molecule has 0 amide bonds. The molecule has 0 radical (unpaired) electrons. The van der Waals surface area contributed by atoms with E-state index >= 15 is 0 Å². The first-order valence-corrected chi connectivity index (χ1v) is 6.29. The summed E-state index contributed by atoms with van der Waals surface area (Å²) >= 11 is 5.54. The van der Waals surface area contributed by atoms with Crippen LogP contribution < -0.4 is 4.74 Å². The van der Waals surface area contributed by atoms with Gasteiger partial charge in [0.25, 0.3) is 0 Å². The number of hydrogen-bond acceptors (Lipinski definition) is 4. The van der Waals surface area contributed by atoms with Crippen molar-refractivity contribution < 1.29 is 27.4 Å². The van der Waals surface area contributed by atoms with Crippen LogP contribution in [0.3, 0.4) is 0 Å². The van der Waals surface area contributed by atoms with Gasteiger partial charge in [-0.1, -0.05) is 29.8 Å². The molecule has 1 aromatic carbocycles. The maximum Gasteiger partial charge on any atom is 0.419 e. The highest BCUT2D eigenvalue weighted by molar-refractivity contribution is 6.30. The Morgan fingerprint density at radius 1 is 1.23 bits per heavy atom. The molecule has 4 nitrogen and oxygen atoms in total. The number of benzene rings is 1. The van der Waals surface area contributed by atoms with Gasteiger partial charge in [-0.25, -0.2) is 4.79 Å². The molecule has 8 heteroatoms. The molecule has 0 N–H and O–H groups in total. The molecule has 0 fully saturated rings. The van der Waals surface area contributed by atoms with Crippen LogP contribution in [-0.4, -0.2) is 18.1 Å². The molecular formula is C14H9ClF3NO3. The van der Waals surface area contributed by atoms with Crippen molar-refractivity contribution in [1.82, 2.24) is 4.98 Å². The number of nitrogens with zero attached hydrogens (tertiary/aromatic N) is 1. The summed E-state index contributed by atoms with van der Waals surface area (Å²) in [7, 11) is 1.04. The van der Waals surface area contributed by atoms with Crippen molar-refractivity contribution in [2.45, 2.75) is 6.18 Å². The smallest absolute Gasteiger partial charge is 0.419 e. The summed E-state index contributed by atoms with van der Waals surface area (Å²) < 4.78 is 48.3. The van der Waals surface area contributed by atoms with E-state index in [0.29, 0.717) is 6.07 Å². The highest BCUT2D eigenvalue weighted by Gasteiger charge is 2.36. The molecule has 0 spiro atoms. The minimum Gasteiger partial charge on any atom is -0.465 e. The summed E-state index contributed by atoms with van der Waals surface area (Å²) in [4.78, 5) is 15.2. The third-order valence-electron chi connectivity index (χ3n) is 2.61. The fourth-order valence-corrected chi connectivity index (χ4v) is 1.85. The zero-order valence-corrected chi connectivity index (χ0v) is 11.9. The van der Waals surface area contributed by atoms with E-state index in [2.05, 4.69) is 9.72 Å². The molecule has 0 saturated carbocycles. The molecule has 1 aromatic heterocycles. The van der Waals surface area contributed by atoms with Crippen molar-refractivity contribution in [3.8, 4) is 11.6 Å². The van der Waals surface area contributed by atoms with E-state index in [-0.39, 0.29) is 11.6 Å². The summed E-state index contributed by atoms with van der Waals surface area (Å²) in [6.07, 6.45) is -4.75. The Kier molecular flexibility index (Phi) is 4.56. The van der Waals surface area contributed by atoms with Gasteiger partial charge in [0, 0.05) is 0 Å². The molecule has 0 aliphatic carbocycles. The molecular weight excluding hydrogens is 323 g/mol. The first kappa shape index (κ1) is 16.1. The van der Waals surface area contributed by atoms with Crippen LogP contribution in [0.2, 0.25) is 5.15 Å². The number of aromatic nitrogens is 1. The maximum absolute atomic E-state index is 12.8. The molecule has 0 unspecified atom stereocenters. The van der Waals surface area contributed by atoms with Gasteiger partial charge in [0.15, 0.2) is 0 Å². The second-order valence-corrected chi connectivity index (χ2v) is 4.44. The second-order valence-electron chi connectivity index (χ2n) is 4.08. The van der Waals surface area contributed by atoms with Crippen LogP contribution in [0.5, 0.6) is 11.6 Å². The lowest BCUT2D eigenvalue weighted by atomic mass is 10.2. The summed E-state index contributed by atoms with van der Waals surface area (Å²) in [5.74, 6) is -1.09. The lowest BCUT2D eigenvalue weighted by Gasteiger charge is -2.13. The number of esters is 1. The van der Waals surface area contributed by atoms with Crippen molar-refractivity contribution in [2.75, 3.05) is 7.11 Å². The molecule has 2 rings (SSSR count). The Morgan fingerprint density at radius 2 is 1.86 bits per heavy atom. The Morgan fingerprint density at radius 3 is 2.41 bits per heavy atom. The Bertz CT molecular complexity index is 690. The van der Waals surface area contributed by atoms with Gasteiger partial charge in [-0.3, -0.25) is 0 Å². The van der Waals surface area contributed by atoms with Crippen LogP contribution in [0.25, 0.3) is 0 Å². The number of methoxy groups -OCH3 is 1. The molecule has 1 heterocycles. The quantitative estimate of drug-likeness (QED) is 0.620. The Balaban J connectivity index is 2.53. The topological polar surface area (TPSA) is 48.4 Å². The minimum atomic E-state index is -4.75. The van der Waals surface area contributed by atoms with Gasteiger partial charge in [-0.15, -0.1) is 0 Å². The number of para-hydroxylation sites is 1. The van der Waals surface area contributed by atoms with Crippen LogP contribution in [0, 0.1) is 0 Å². The summed E-state index contributed by atoms with van der Waals surface area (Å²) in [6, 6.07) is 8.68. The molecule has 0 atom stereocenters. The first-order chi connectivity index (χ1) is 10.3. The van der Waals surface area contributed by atoms with Crippen molar-refractivity contribution in [3.05, 3.63) is 52.7 Å². The van der Waals surface area contributed by atoms with Crippen LogP contribution in [-0.2, 0) is 10.9 Å². The van der Waals surface area contributed by atoms with E-state index in [1.807, 2.05) is 0 Å². The standard InChI is InChI=1S/C14H9ClF3NO3/c1-21-13(20)9-7-10(14(16,17)18)11(15)19-12(9)22-8-5-3-2-4-6-8/h2-7H,1H3. The predicted molar refractivity (Wildman–Crippen MR) is 72.1 cm³/mol. The molecule has 0 aliphatic rings. The van der Waals surface area contributed by atoms with E-state index in [9.17, 15) is 18.0 Å². The number of halogens is 4. The molecule has 2 aromatic rings. The first-order valence-electron chi connectivity index (χ1n) is 5.92. The fourth-order valence-electron chi connectivity index (χ4n) is 1.61. The van der Waals surface area contributed by atoms with Crippen molar-refractivity contribution >= 4 is 17.6 Å². The monoisotopic (exact) mass is 331 g/mol. The largest absolute Gasteiger partial charge is 0.465 e. The third kappa shape index (κ3) is 3.48. The number of hydrogen-bond donors (Lipinski definition) is 0. The average molecular weight is 332 g/mol. The second kappa shape index (κ2) is 6.23. The van der Waals surface area contributed by atoms with E-state index in [0.717, 1.165) is 7.11 Å². The highest BCUT2D eigenvalue weighted by Crippen LogP contribution is 2.37. The van der Waals surface area contributed by atoms with Crippen LogP contribution >= 0.6 is 11.6 Å². The van der Waals surface area contributed by atoms with Crippen molar-refractivity contribution in [1.29, 1.82) is 0 Å². The maximum atomic E-state index is 12.8. The molecule has 22 heavy (non-hydrogen) atoms. The van der Waals surface area contributed by atoms with Crippen molar-refractivity contribution in [2.24, 2.45) is 0 Å². The molecule has 0 saturated heterocycles. The normalized spacial score (nSPS) is 11.1. The number of rotatable bonds is 3. The third-order valence-corrected chi connectivity index (χ3v) is 2.90. The lowest BCUT2D eigenvalue weighted by molar-refractivity contribution is -0.137. The Hall–Kier alpha value is -2.28. The zero-order chi connectivity index (χ0) is 16.3. The Labute approximate surface area is 128 Å². The van der Waals surface area contributed by atoms with Gasteiger partial charge in [-0.05, 0) is 18.2 Å². The van der Waals surface area contributed by atoms with Gasteiger partial charge in [0.1, 0.15) is 16.5 Å². The van der Waals surface area contributed by atoms with Crippen LogP contribution in [0.1, 0.15) is 15.9 Å². The SMILES string of the molecule is COC(=O)c1cc(C(F)(F)F)c(Cl)nc1Oc1ccccc1. The zero-order valence-electron chi connectivity index (χ0n) is 11.1. The number of ether oxygens (including phenoxy) is 2. The van der Waals surface area contributed by atoms with Crippen LogP contribution in [0.15, 0.2) is 36.4 Å². The van der Waals surface area contributed by atoms with E-state index in [1.165, 1.54) is 0 Å². The van der Waals surface area contributed by atoms with E-state index in [4.69, 9.17) is 16.3 Å². The minimum absolute atomic E-state index is 0.288. The summed E-state index contributed by atoms with van der Waals surface area (Å²) in [5.41, 5.74) is -1.71. The lowest BCUT2D eigenvalue weighted by Crippen LogP contribution is -2.12. The number of pyridine rings is 1. The van der Waals surface area contributed by atoms with Crippen LogP contribution in [0.4, 0.5) is 13.2 Å². The van der Waals surface area contributed by atoms with E-state index in [1.54, 1.807) is 30.3 Å².